The Morgan fingerprint density at radius 1 is 0.528 bits per heavy atom. The van der Waals surface area contributed by atoms with Gasteiger partial charge in [-0.15, -0.1) is 0 Å². The third kappa shape index (κ3) is 15.2. The number of esters is 1. The van der Waals surface area contributed by atoms with Crippen LogP contribution in [0.4, 0.5) is 0 Å². The van der Waals surface area contributed by atoms with Gasteiger partial charge in [0.2, 0.25) is 0 Å². The number of nitrogens with zero attached hydrogens (tertiary/aromatic N) is 2. The van der Waals surface area contributed by atoms with E-state index < -0.39 is 0 Å². The Labute approximate surface area is 325 Å². The third-order valence-corrected chi connectivity index (χ3v) is 11.5. The van der Waals surface area contributed by atoms with Crippen molar-refractivity contribution in [1.82, 2.24) is 4.90 Å². The molecule has 0 saturated heterocycles. The van der Waals surface area contributed by atoms with Gasteiger partial charge in [-0.05, 0) is 69.4 Å². The maximum atomic E-state index is 12.7. The average Bonchev–Trinajstić information content (AvgIpc) is 3.14. The molecule has 0 saturated carbocycles. The fraction of sp³-hybridized carbons (Fsp3) is 0.653. The number of carbonyl (C=O) groups excluding carboxylic acids is 1. The molecule has 4 rings (SSSR count). The zero-order chi connectivity index (χ0) is 37.7. The fourth-order valence-electron chi connectivity index (χ4n) is 8.27. The Bertz CT molecular complexity index is 1560. The van der Waals surface area contributed by atoms with Crippen LogP contribution in [0.2, 0.25) is 0 Å². The van der Waals surface area contributed by atoms with E-state index >= 15 is 0 Å². The van der Waals surface area contributed by atoms with E-state index in [2.05, 4.69) is 88.4 Å². The number of hydrogen-bond donors (Lipinski definition) is 0. The molecule has 0 unspecified atom stereocenters. The monoisotopic (exact) mass is 726 g/mol. The smallest absolute Gasteiger partial charge is 0.306 e. The van der Waals surface area contributed by atoms with E-state index in [-0.39, 0.29) is 5.97 Å². The van der Waals surface area contributed by atoms with Gasteiger partial charge in [0.15, 0.2) is 0 Å². The first-order valence-corrected chi connectivity index (χ1v) is 22.2. The Kier molecular flexibility index (Phi) is 19.5. The molecule has 0 aliphatic carbocycles. The van der Waals surface area contributed by atoms with Gasteiger partial charge in [0.05, 0.1) is 34.1 Å². The number of hydrogen-bond acceptors (Lipinski definition) is 3. The van der Waals surface area contributed by atoms with E-state index in [1.165, 1.54) is 179 Å². The van der Waals surface area contributed by atoms with Crippen molar-refractivity contribution in [3.63, 3.8) is 0 Å². The van der Waals surface area contributed by atoms with Crippen molar-refractivity contribution in [3.8, 4) is 0 Å². The minimum Gasteiger partial charge on any atom is -0.461 e. The van der Waals surface area contributed by atoms with Gasteiger partial charge in [0, 0.05) is 13.0 Å². The zero-order valence-corrected chi connectivity index (χ0v) is 34.9. The number of ether oxygens (including phenoxy) is 1. The number of benzene rings is 4. The summed E-state index contributed by atoms with van der Waals surface area (Å²) >= 11 is 0. The summed E-state index contributed by atoms with van der Waals surface area (Å²) in [5.41, 5.74) is 2.54. The summed E-state index contributed by atoms with van der Waals surface area (Å²) in [6.07, 6.45) is 29.0. The number of quaternary nitrogens is 1. The van der Waals surface area contributed by atoms with Crippen molar-refractivity contribution in [2.24, 2.45) is 0 Å². The molecule has 0 radical (unpaired) electrons. The van der Waals surface area contributed by atoms with E-state index in [0.29, 0.717) is 13.0 Å². The van der Waals surface area contributed by atoms with Gasteiger partial charge >= 0.3 is 5.97 Å². The van der Waals surface area contributed by atoms with Crippen molar-refractivity contribution in [3.05, 3.63) is 59.7 Å². The maximum Gasteiger partial charge on any atom is 0.306 e. The molecule has 0 aliphatic heterocycles. The molecule has 0 heterocycles. The van der Waals surface area contributed by atoms with E-state index in [1.54, 1.807) is 0 Å². The molecule has 4 aromatic carbocycles. The van der Waals surface area contributed by atoms with Crippen LogP contribution in [-0.2, 0) is 22.7 Å². The van der Waals surface area contributed by atoms with Gasteiger partial charge in [0.1, 0.15) is 6.61 Å². The third-order valence-electron chi connectivity index (χ3n) is 11.5. The van der Waals surface area contributed by atoms with E-state index in [0.717, 1.165) is 29.6 Å². The Balaban J connectivity index is 1.40. The minimum atomic E-state index is -0.101. The van der Waals surface area contributed by atoms with Crippen LogP contribution in [0.15, 0.2) is 48.5 Å². The lowest BCUT2D eigenvalue weighted by Crippen LogP contribution is -2.35. The molecular weight excluding hydrogens is 649 g/mol. The Morgan fingerprint density at radius 3 is 1.42 bits per heavy atom. The summed E-state index contributed by atoms with van der Waals surface area (Å²) in [5, 5.41) is 7.84. The second-order valence-corrected chi connectivity index (χ2v) is 17.3. The minimum absolute atomic E-state index is 0.101. The molecule has 0 N–H and O–H groups in total. The molecule has 0 spiro atoms. The van der Waals surface area contributed by atoms with E-state index in [4.69, 9.17) is 4.74 Å². The summed E-state index contributed by atoms with van der Waals surface area (Å²) in [7, 11) is 6.49. The maximum absolute atomic E-state index is 12.7. The predicted molar refractivity (Wildman–Crippen MR) is 231 cm³/mol. The molecular formula is C49H77N2O2+. The summed E-state index contributed by atoms with van der Waals surface area (Å²) in [6.45, 7) is 9.30. The van der Waals surface area contributed by atoms with Crippen LogP contribution in [-0.4, -0.2) is 56.1 Å². The largest absolute Gasteiger partial charge is 0.461 e. The summed E-state index contributed by atoms with van der Waals surface area (Å²) in [4.78, 5) is 15.4. The van der Waals surface area contributed by atoms with Gasteiger partial charge in [0.25, 0.3) is 0 Å². The molecule has 4 nitrogen and oxygen atoms in total. The van der Waals surface area contributed by atoms with Gasteiger partial charge < -0.3 is 9.22 Å². The quantitative estimate of drug-likeness (QED) is 0.0232. The van der Waals surface area contributed by atoms with Crippen LogP contribution in [0.25, 0.3) is 32.3 Å². The second-order valence-electron chi connectivity index (χ2n) is 17.3. The first kappa shape index (κ1) is 43.0. The van der Waals surface area contributed by atoms with Crippen molar-refractivity contribution < 1.29 is 14.0 Å². The highest BCUT2D eigenvalue weighted by Crippen LogP contribution is 2.38. The fourth-order valence-corrected chi connectivity index (χ4v) is 8.27. The average molecular weight is 726 g/mol. The molecule has 0 fully saturated rings. The molecule has 53 heavy (non-hydrogen) atoms. The zero-order valence-electron chi connectivity index (χ0n) is 34.9. The van der Waals surface area contributed by atoms with Crippen LogP contribution >= 0.6 is 0 Å². The molecule has 0 amide bonds. The highest BCUT2D eigenvalue weighted by atomic mass is 16.5. The second kappa shape index (κ2) is 24.0. The van der Waals surface area contributed by atoms with Gasteiger partial charge in [-0.3, -0.25) is 9.69 Å². The number of carbonyl (C=O) groups is 1. The van der Waals surface area contributed by atoms with Crippen LogP contribution in [0.3, 0.4) is 0 Å². The van der Waals surface area contributed by atoms with Gasteiger partial charge in [-0.25, -0.2) is 0 Å². The van der Waals surface area contributed by atoms with E-state index in [9.17, 15) is 4.79 Å². The molecule has 0 aliphatic rings. The number of rotatable bonds is 30. The van der Waals surface area contributed by atoms with Crippen LogP contribution in [0.1, 0.15) is 166 Å². The highest BCUT2D eigenvalue weighted by Gasteiger charge is 2.16. The number of unbranched alkanes of at least 4 members (excludes halogenated alkanes) is 18. The SMILES string of the molecule is CCCCCCCCCCCCN(CCCCCCCCCCCC)Cc1ccc2ccc3c(COC(=O)CCC[N+](C)(C)C)ccc4ccc1c2c43. The molecule has 294 valence electrons. The molecule has 0 atom stereocenters. The normalized spacial score (nSPS) is 12.3. The first-order chi connectivity index (χ1) is 25.8. The summed E-state index contributed by atoms with van der Waals surface area (Å²) in [6, 6.07) is 18.3. The lowest BCUT2D eigenvalue weighted by atomic mass is 9.90. The summed E-state index contributed by atoms with van der Waals surface area (Å²) < 4.78 is 6.69. The van der Waals surface area contributed by atoms with Crippen LogP contribution in [0.5, 0.6) is 0 Å². The lowest BCUT2D eigenvalue weighted by Gasteiger charge is -2.24. The molecule has 0 bridgehead atoms. The highest BCUT2D eigenvalue weighted by molar-refractivity contribution is 6.24. The van der Waals surface area contributed by atoms with Crippen molar-refractivity contribution in [1.29, 1.82) is 0 Å². The molecule has 4 heteroatoms. The predicted octanol–water partition coefficient (Wildman–Crippen LogP) is 13.8. The summed E-state index contributed by atoms with van der Waals surface area (Å²) in [5.74, 6) is -0.101. The van der Waals surface area contributed by atoms with Gasteiger partial charge in [-0.2, -0.15) is 0 Å². The standard InChI is InChI=1S/C49H77N2O2/c1-6-8-10-12-14-16-18-20-22-24-36-50(37-25-23-21-19-17-15-13-11-9-7-2)39-43-30-28-41-33-35-46-44(40-53-47(52)27-26-38-51(3,4)5)31-29-42-32-34-45(43)48(41)49(42)46/h28-35H,6-27,36-40H2,1-5H3/q+1. The molecule has 0 aromatic heterocycles. The van der Waals surface area contributed by atoms with Gasteiger partial charge in [-0.1, -0.05) is 178 Å². The topological polar surface area (TPSA) is 29.5 Å². The van der Waals surface area contributed by atoms with E-state index in [1.807, 2.05) is 0 Å². The lowest BCUT2D eigenvalue weighted by molar-refractivity contribution is -0.870. The molecule has 4 aromatic rings. The van der Waals surface area contributed by atoms with Crippen molar-refractivity contribution in [2.45, 2.75) is 168 Å². The van der Waals surface area contributed by atoms with Crippen molar-refractivity contribution in [2.75, 3.05) is 40.8 Å². The van der Waals surface area contributed by atoms with Crippen molar-refractivity contribution >= 4 is 38.3 Å². The Hall–Kier alpha value is -2.69. The van der Waals surface area contributed by atoms with Crippen LogP contribution < -0.4 is 0 Å². The van der Waals surface area contributed by atoms with Crippen LogP contribution in [0, 0.1) is 0 Å². The first-order valence-electron chi connectivity index (χ1n) is 22.2. The Morgan fingerprint density at radius 2 is 0.943 bits per heavy atom.